The van der Waals surface area contributed by atoms with Crippen LogP contribution in [0, 0.1) is 5.41 Å². The summed E-state index contributed by atoms with van der Waals surface area (Å²) in [4.78, 5) is 37.6. The molecule has 0 spiro atoms. The van der Waals surface area contributed by atoms with Crippen LogP contribution >= 0.6 is 11.3 Å². The van der Waals surface area contributed by atoms with Gasteiger partial charge in [0.1, 0.15) is 0 Å². The van der Waals surface area contributed by atoms with Gasteiger partial charge in [0.25, 0.3) is 5.91 Å². The number of primary amides is 1. The molecular weight excluding hydrogens is 350 g/mol. The first kappa shape index (κ1) is 19.9. The second-order valence-electron chi connectivity index (χ2n) is 6.40. The van der Waals surface area contributed by atoms with Gasteiger partial charge in [-0.3, -0.25) is 14.4 Å². The van der Waals surface area contributed by atoms with E-state index in [1.54, 1.807) is 24.3 Å². The number of amides is 3. The van der Waals surface area contributed by atoms with E-state index in [1.807, 2.05) is 19.2 Å². The summed E-state index contributed by atoms with van der Waals surface area (Å²) in [7, 11) is 0. The molecule has 1 atom stereocenters. The van der Waals surface area contributed by atoms with E-state index in [1.165, 1.54) is 11.3 Å². The van der Waals surface area contributed by atoms with Gasteiger partial charge >= 0.3 is 0 Å². The second-order valence-corrected chi connectivity index (χ2v) is 7.35. The molecule has 6 nitrogen and oxygen atoms in total. The van der Waals surface area contributed by atoms with Gasteiger partial charge in [-0.2, -0.15) is 0 Å². The highest BCUT2D eigenvalue weighted by Gasteiger charge is 2.39. The van der Waals surface area contributed by atoms with E-state index in [0.29, 0.717) is 29.1 Å². The molecule has 1 unspecified atom stereocenters. The number of carbonyl (C=O) groups excluding carboxylic acids is 3. The number of carbonyl (C=O) groups is 3. The minimum absolute atomic E-state index is 0.143. The van der Waals surface area contributed by atoms with Crippen LogP contribution in [0.25, 0.3) is 0 Å². The van der Waals surface area contributed by atoms with Crippen molar-refractivity contribution in [2.75, 3.05) is 6.54 Å². The molecule has 0 bridgehead atoms. The van der Waals surface area contributed by atoms with Crippen molar-refractivity contribution in [1.29, 1.82) is 0 Å². The number of thiophene rings is 1. The van der Waals surface area contributed by atoms with Crippen LogP contribution in [0.2, 0.25) is 0 Å². The minimum Gasteiger partial charge on any atom is -0.366 e. The van der Waals surface area contributed by atoms with Crippen LogP contribution in [0.1, 0.15) is 49.2 Å². The van der Waals surface area contributed by atoms with Gasteiger partial charge in [-0.1, -0.05) is 26.3 Å². The van der Waals surface area contributed by atoms with Crippen molar-refractivity contribution in [2.45, 2.75) is 39.5 Å². The molecule has 1 aliphatic carbocycles. The van der Waals surface area contributed by atoms with Crippen LogP contribution in [0.3, 0.4) is 0 Å². The largest absolute Gasteiger partial charge is 0.366 e. The van der Waals surface area contributed by atoms with Gasteiger partial charge < -0.3 is 16.4 Å². The summed E-state index contributed by atoms with van der Waals surface area (Å²) < 4.78 is 0. The van der Waals surface area contributed by atoms with Gasteiger partial charge in [0.2, 0.25) is 11.8 Å². The van der Waals surface area contributed by atoms with Crippen LogP contribution < -0.4 is 16.4 Å². The first-order chi connectivity index (χ1) is 12.4. The Morgan fingerprint density at radius 1 is 1.27 bits per heavy atom. The van der Waals surface area contributed by atoms with E-state index in [-0.39, 0.29) is 18.2 Å². The Balaban J connectivity index is 2.36. The monoisotopic (exact) mass is 375 g/mol. The molecular formula is C19H25N3O3S. The zero-order chi connectivity index (χ0) is 19.2. The molecule has 0 saturated heterocycles. The lowest BCUT2D eigenvalue weighted by molar-refractivity contribution is -0.129. The van der Waals surface area contributed by atoms with Crippen LogP contribution in [-0.4, -0.2) is 24.3 Å². The van der Waals surface area contributed by atoms with Crippen molar-refractivity contribution in [1.82, 2.24) is 10.6 Å². The van der Waals surface area contributed by atoms with Crippen LogP contribution in [0.5, 0.6) is 0 Å². The lowest BCUT2D eigenvalue weighted by atomic mass is 9.73. The topological polar surface area (TPSA) is 101 Å². The Bertz CT molecular complexity index is 737. The van der Waals surface area contributed by atoms with E-state index >= 15 is 0 Å². The van der Waals surface area contributed by atoms with Crippen LogP contribution in [-0.2, 0) is 9.59 Å². The summed E-state index contributed by atoms with van der Waals surface area (Å²) in [5, 5.41) is 7.53. The van der Waals surface area contributed by atoms with E-state index < -0.39 is 11.3 Å². The highest BCUT2D eigenvalue weighted by atomic mass is 32.1. The van der Waals surface area contributed by atoms with E-state index in [0.717, 1.165) is 12.8 Å². The van der Waals surface area contributed by atoms with Crippen molar-refractivity contribution in [3.8, 4) is 0 Å². The molecule has 0 aromatic carbocycles. The summed E-state index contributed by atoms with van der Waals surface area (Å²) in [6.45, 7) is 4.52. The Kier molecular flexibility index (Phi) is 6.74. The number of allylic oxidation sites excluding steroid dienone is 1. The average molecular weight is 375 g/mol. The Labute approximate surface area is 157 Å². The zero-order valence-corrected chi connectivity index (χ0v) is 15.9. The molecule has 140 valence electrons. The average Bonchev–Trinajstić information content (AvgIpc) is 3.14. The third kappa shape index (κ3) is 4.60. The number of hydrogen-bond acceptors (Lipinski definition) is 4. The number of nitrogens with two attached hydrogens (primary N) is 1. The highest BCUT2D eigenvalue weighted by molar-refractivity contribution is 7.12. The SMILES string of the molecule is CCCNC(=O)C1(CCC)C=C(NC(=O)c2cccs2)C=C(C(N)=O)C1. The molecule has 0 fully saturated rings. The highest BCUT2D eigenvalue weighted by Crippen LogP contribution is 2.38. The summed E-state index contributed by atoms with van der Waals surface area (Å²) in [6, 6.07) is 3.51. The maximum Gasteiger partial charge on any atom is 0.265 e. The lowest BCUT2D eigenvalue weighted by Gasteiger charge is -2.33. The number of hydrogen-bond donors (Lipinski definition) is 3. The molecule has 3 amide bonds. The molecule has 1 aromatic heterocycles. The minimum atomic E-state index is -0.888. The second kappa shape index (κ2) is 8.80. The predicted molar refractivity (Wildman–Crippen MR) is 102 cm³/mol. The molecule has 0 radical (unpaired) electrons. The standard InChI is InChI=1S/C19H25N3O3S/c1-3-7-19(18(25)21-8-4-2)11-13(16(20)23)10-14(12-19)22-17(24)15-6-5-9-26-15/h5-6,9-10,12H,3-4,7-8,11H2,1-2H3,(H2,20,23)(H,21,25)(H,22,24). The van der Waals surface area contributed by atoms with Gasteiger partial charge in [0.15, 0.2) is 0 Å². The normalized spacial score (nSPS) is 19.3. The summed E-state index contributed by atoms with van der Waals surface area (Å²) in [6.07, 6.45) is 5.70. The third-order valence-electron chi connectivity index (χ3n) is 4.27. The molecule has 0 aliphatic heterocycles. The molecule has 1 aromatic rings. The summed E-state index contributed by atoms with van der Waals surface area (Å²) in [5.41, 5.74) is 5.38. The molecule has 1 aliphatic rings. The molecule has 0 saturated carbocycles. The fourth-order valence-electron chi connectivity index (χ4n) is 3.08. The first-order valence-corrected chi connectivity index (χ1v) is 9.66. The smallest absolute Gasteiger partial charge is 0.265 e. The van der Waals surface area contributed by atoms with Gasteiger partial charge in [0.05, 0.1) is 10.3 Å². The van der Waals surface area contributed by atoms with Crippen LogP contribution in [0.15, 0.2) is 40.9 Å². The zero-order valence-electron chi connectivity index (χ0n) is 15.1. The quantitative estimate of drug-likeness (QED) is 0.650. The molecule has 2 rings (SSSR count). The van der Waals surface area contributed by atoms with Crippen molar-refractivity contribution in [2.24, 2.45) is 11.1 Å². The van der Waals surface area contributed by atoms with Crippen molar-refractivity contribution >= 4 is 29.1 Å². The molecule has 26 heavy (non-hydrogen) atoms. The Morgan fingerprint density at radius 3 is 2.62 bits per heavy atom. The predicted octanol–water partition coefficient (Wildman–Crippen LogP) is 2.49. The lowest BCUT2D eigenvalue weighted by Crippen LogP contribution is -2.43. The van der Waals surface area contributed by atoms with Crippen molar-refractivity contribution in [3.63, 3.8) is 0 Å². The Morgan fingerprint density at radius 2 is 2.04 bits per heavy atom. The van der Waals surface area contributed by atoms with Crippen LogP contribution in [0.4, 0.5) is 0 Å². The maximum absolute atomic E-state index is 12.9. The molecule has 1 heterocycles. The first-order valence-electron chi connectivity index (χ1n) is 8.78. The van der Waals surface area contributed by atoms with Gasteiger partial charge in [-0.15, -0.1) is 11.3 Å². The molecule has 7 heteroatoms. The fraction of sp³-hybridized carbons (Fsp3) is 0.421. The van der Waals surface area contributed by atoms with Crippen molar-refractivity contribution in [3.05, 3.63) is 45.8 Å². The van der Waals surface area contributed by atoms with Gasteiger partial charge in [0, 0.05) is 17.8 Å². The number of rotatable bonds is 8. The van der Waals surface area contributed by atoms with E-state index in [4.69, 9.17) is 5.73 Å². The summed E-state index contributed by atoms with van der Waals surface area (Å²) in [5.74, 6) is -0.992. The Hall–Kier alpha value is -2.41. The van der Waals surface area contributed by atoms with Gasteiger partial charge in [-0.05, 0) is 42.9 Å². The van der Waals surface area contributed by atoms with E-state index in [9.17, 15) is 14.4 Å². The summed E-state index contributed by atoms with van der Waals surface area (Å²) >= 11 is 1.32. The maximum atomic E-state index is 12.9. The van der Waals surface area contributed by atoms with Gasteiger partial charge in [-0.25, -0.2) is 0 Å². The van der Waals surface area contributed by atoms with Crippen molar-refractivity contribution < 1.29 is 14.4 Å². The third-order valence-corrected chi connectivity index (χ3v) is 5.14. The fourth-order valence-corrected chi connectivity index (χ4v) is 3.70. The molecule has 4 N–H and O–H groups in total. The van der Waals surface area contributed by atoms with E-state index in [2.05, 4.69) is 10.6 Å². The number of nitrogens with one attached hydrogen (secondary N) is 2.